The number of rotatable bonds is 5. The minimum Gasteiger partial charge on any atom is -0.480 e. The lowest BCUT2D eigenvalue weighted by Gasteiger charge is -2.14. The molecule has 20 heavy (non-hydrogen) atoms. The summed E-state index contributed by atoms with van der Waals surface area (Å²) < 4.78 is 26.9. The van der Waals surface area contributed by atoms with Crippen LogP contribution in [0.1, 0.15) is 13.3 Å². The molecule has 1 aromatic heterocycles. The second-order valence-corrected chi connectivity index (χ2v) is 5.96. The molecule has 1 aromatic carbocycles. The third-order valence-electron chi connectivity index (χ3n) is 2.93. The third kappa shape index (κ3) is 2.78. The first-order valence-corrected chi connectivity index (χ1v) is 7.52. The van der Waals surface area contributed by atoms with Crippen molar-refractivity contribution in [2.75, 3.05) is 0 Å². The smallest absolute Gasteiger partial charge is 0.321 e. The van der Waals surface area contributed by atoms with Gasteiger partial charge in [0.15, 0.2) is 0 Å². The predicted molar refractivity (Wildman–Crippen MR) is 73.8 cm³/mol. The van der Waals surface area contributed by atoms with Crippen LogP contribution in [-0.2, 0) is 14.8 Å². The monoisotopic (exact) mass is 294 g/mol. The summed E-state index contributed by atoms with van der Waals surface area (Å²) in [5, 5.41) is 10.1. The SMILES string of the molecule is CCC(NS(=O)(=O)c1cccc2cnccc12)C(=O)O. The number of carboxylic acids is 1. The number of sulfonamides is 1. The Balaban J connectivity index is 2.50. The highest BCUT2D eigenvalue weighted by Gasteiger charge is 2.25. The molecule has 1 atom stereocenters. The average Bonchev–Trinajstić information content (AvgIpc) is 2.43. The number of pyridine rings is 1. The van der Waals surface area contributed by atoms with Crippen LogP contribution in [0.5, 0.6) is 0 Å². The van der Waals surface area contributed by atoms with Crippen molar-refractivity contribution in [2.24, 2.45) is 0 Å². The van der Waals surface area contributed by atoms with E-state index in [0.29, 0.717) is 10.8 Å². The molecule has 0 aliphatic heterocycles. The molecule has 7 heteroatoms. The Hall–Kier alpha value is -1.99. The van der Waals surface area contributed by atoms with Crippen LogP contribution in [0.3, 0.4) is 0 Å². The van der Waals surface area contributed by atoms with Gasteiger partial charge in [-0.3, -0.25) is 9.78 Å². The number of hydrogen-bond donors (Lipinski definition) is 2. The first kappa shape index (κ1) is 14.4. The summed E-state index contributed by atoms with van der Waals surface area (Å²) in [6.07, 6.45) is 3.22. The van der Waals surface area contributed by atoms with Crippen LogP contribution in [-0.4, -0.2) is 30.5 Å². The minimum absolute atomic E-state index is 0.0529. The molecule has 106 valence electrons. The molecule has 6 nitrogen and oxygen atoms in total. The molecular weight excluding hydrogens is 280 g/mol. The quantitative estimate of drug-likeness (QED) is 0.868. The van der Waals surface area contributed by atoms with E-state index < -0.39 is 22.0 Å². The van der Waals surface area contributed by atoms with E-state index in [-0.39, 0.29) is 11.3 Å². The number of carboxylic acid groups (broad SMARTS) is 1. The number of aliphatic carboxylic acids is 1. The standard InChI is InChI=1S/C13H14N2O4S/c1-2-11(13(16)17)15-20(18,19)12-5-3-4-9-8-14-7-6-10(9)12/h3-8,11,15H,2H2,1H3,(H,16,17). The highest BCUT2D eigenvalue weighted by atomic mass is 32.2. The molecule has 0 saturated carbocycles. The zero-order chi connectivity index (χ0) is 14.8. The van der Waals surface area contributed by atoms with Crippen LogP contribution < -0.4 is 4.72 Å². The average molecular weight is 294 g/mol. The van der Waals surface area contributed by atoms with E-state index in [9.17, 15) is 13.2 Å². The summed E-state index contributed by atoms with van der Waals surface area (Å²) in [6.45, 7) is 1.61. The van der Waals surface area contributed by atoms with Gasteiger partial charge in [-0.2, -0.15) is 4.72 Å². The molecule has 0 amide bonds. The molecule has 1 unspecified atom stereocenters. The van der Waals surface area contributed by atoms with Crippen molar-refractivity contribution < 1.29 is 18.3 Å². The summed E-state index contributed by atoms with van der Waals surface area (Å²) in [5.41, 5.74) is 0. The fourth-order valence-electron chi connectivity index (χ4n) is 1.89. The molecule has 0 bridgehead atoms. The van der Waals surface area contributed by atoms with E-state index >= 15 is 0 Å². The van der Waals surface area contributed by atoms with Crippen molar-refractivity contribution in [3.05, 3.63) is 36.7 Å². The number of aromatic nitrogens is 1. The Kier molecular flexibility index (Phi) is 4.01. The van der Waals surface area contributed by atoms with Crippen LogP contribution in [0, 0.1) is 0 Å². The maximum Gasteiger partial charge on any atom is 0.321 e. The van der Waals surface area contributed by atoms with Crippen molar-refractivity contribution in [2.45, 2.75) is 24.3 Å². The fraction of sp³-hybridized carbons (Fsp3) is 0.231. The Morgan fingerprint density at radius 2 is 2.15 bits per heavy atom. The number of benzene rings is 1. The van der Waals surface area contributed by atoms with Crippen LogP contribution in [0.15, 0.2) is 41.6 Å². The van der Waals surface area contributed by atoms with Crippen molar-refractivity contribution in [3.63, 3.8) is 0 Å². The first-order valence-electron chi connectivity index (χ1n) is 6.03. The lowest BCUT2D eigenvalue weighted by atomic mass is 10.2. The molecule has 0 aliphatic rings. The lowest BCUT2D eigenvalue weighted by molar-refractivity contribution is -0.139. The largest absolute Gasteiger partial charge is 0.480 e. The van der Waals surface area contributed by atoms with Gasteiger partial charge < -0.3 is 5.11 Å². The Morgan fingerprint density at radius 3 is 2.80 bits per heavy atom. The molecule has 0 spiro atoms. The highest BCUT2D eigenvalue weighted by Crippen LogP contribution is 2.22. The predicted octanol–water partition coefficient (Wildman–Crippen LogP) is 1.38. The van der Waals surface area contributed by atoms with E-state index in [1.807, 2.05) is 0 Å². The van der Waals surface area contributed by atoms with Crippen LogP contribution >= 0.6 is 0 Å². The number of hydrogen-bond acceptors (Lipinski definition) is 4. The number of carbonyl (C=O) groups is 1. The van der Waals surface area contributed by atoms with Crippen LogP contribution in [0.4, 0.5) is 0 Å². The number of nitrogens with zero attached hydrogens (tertiary/aromatic N) is 1. The minimum atomic E-state index is -3.90. The zero-order valence-electron chi connectivity index (χ0n) is 10.8. The van der Waals surface area contributed by atoms with Gasteiger partial charge in [0.25, 0.3) is 0 Å². The molecule has 0 aliphatic carbocycles. The second-order valence-electron chi connectivity index (χ2n) is 4.27. The van der Waals surface area contributed by atoms with Crippen LogP contribution in [0.2, 0.25) is 0 Å². The maximum atomic E-state index is 12.3. The van der Waals surface area contributed by atoms with Gasteiger partial charge in [-0.1, -0.05) is 19.1 Å². The summed E-state index contributed by atoms with van der Waals surface area (Å²) >= 11 is 0. The number of fused-ring (bicyclic) bond motifs is 1. The molecule has 1 heterocycles. The third-order valence-corrected chi connectivity index (χ3v) is 4.46. The molecular formula is C13H14N2O4S. The summed E-state index contributed by atoms with van der Waals surface area (Å²) in [7, 11) is -3.90. The zero-order valence-corrected chi connectivity index (χ0v) is 11.6. The first-order chi connectivity index (χ1) is 9.45. The normalized spacial score (nSPS) is 13.2. The van der Waals surface area contributed by atoms with Gasteiger partial charge >= 0.3 is 5.97 Å². The van der Waals surface area contributed by atoms with Gasteiger partial charge in [-0.05, 0) is 18.6 Å². The van der Waals surface area contributed by atoms with Crippen LogP contribution in [0.25, 0.3) is 10.8 Å². The van der Waals surface area contributed by atoms with Gasteiger partial charge in [-0.15, -0.1) is 0 Å². The molecule has 0 radical (unpaired) electrons. The molecule has 0 saturated heterocycles. The van der Waals surface area contributed by atoms with Crippen molar-refractivity contribution in [3.8, 4) is 0 Å². The van der Waals surface area contributed by atoms with Gasteiger partial charge in [0, 0.05) is 23.2 Å². The lowest BCUT2D eigenvalue weighted by Crippen LogP contribution is -2.40. The summed E-state index contributed by atoms with van der Waals surface area (Å²) in [4.78, 5) is 15.0. The fourth-order valence-corrected chi connectivity index (χ4v) is 3.39. The van der Waals surface area contributed by atoms with Gasteiger partial charge in [0.1, 0.15) is 6.04 Å². The molecule has 2 rings (SSSR count). The van der Waals surface area contributed by atoms with Gasteiger partial charge in [0.05, 0.1) is 4.90 Å². The highest BCUT2D eigenvalue weighted by molar-refractivity contribution is 7.89. The van der Waals surface area contributed by atoms with Crippen molar-refractivity contribution in [1.29, 1.82) is 0 Å². The molecule has 2 aromatic rings. The topological polar surface area (TPSA) is 96.4 Å². The summed E-state index contributed by atoms with van der Waals surface area (Å²) in [5.74, 6) is -1.20. The Labute approximate surface area is 116 Å². The van der Waals surface area contributed by atoms with Gasteiger partial charge in [0.2, 0.25) is 10.0 Å². The Morgan fingerprint density at radius 1 is 1.40 bits per heavy atom. The van der Waals surface area contributed by atoms with E-state index in [2.05, 4.69) is 9.71 Å². The van der Waals surface area contributed by atoms with Gasteiger partial charge in [-0.25, -0.2) is 8.42 Å². The van der Waals surface area contributed by atoms with Crippen molar-refractivity contribution in [1.82, 2.24) is 9.71 Å². The molecule has 2 N–H and O–H groups in total. The molecule has 0 fully saturated rings. The summed E-state index contributed by atoms with van der Waals surface area (Å²) in [6, 6.07) is 5.23. The Bertz CT molecular complexity index is 738. The van der Waals surface area contributed by atoms with E-state index in [4.69, 9.17) is 5.11 Å². The van der Waals surface area contributed by atoms with E-state index in [1.165, 1.54) is 12.3 Å². The number of nitrogens with one attached hydrogen (secondary N) is 1. The van der Waals surface area contributed by atoms with E-state index in [0.717, 1.165) is 0 Å². The van der Waals surface area contributed by atoms with Crippen molar-refractivity contribution >= 4 is 26.8 Å². The maximum absolute atomic E-state index is 12.3. The van der Waals surface area contributed by atoms with E-state index in [1.54, 1.807) is 31.3 Å². The second kappa shape index (κ2) is 5.56.